The number of ether oxygens (including phenoxy) is 1. The summed E-state index contributed by atoms with van der Waals surface area (Å²) in [7, 11) is 0. The summed E-state index contributed by atoms with van der Waals surface area (Å²) in [6.07, 6.45) is 2.95. The number of nitrogen functional groups attached to an aromatic ring is 1. The maximum absolute atomic E-state index is 9.04. The first-order chi connectivity index (χ1) is 11.1. The number of fused-ring (bicyclic) bond motifs is 1. The van der Waals surface area contributed by atoms with E-state index in [2.05, 4.69) is 6.07 Å². The van der Waals surface area contributed by atoms with E-state index in [-0.39, 0.29) is 7.53 Å². The van der Waals surface area contributed by atoms with Crippen LogP contribution in [0.4, 0.5) is 5.69 Å². The second-order valence-corrected chi connectivity index (χ2v) is 5.90. The fourth-order valence-corrected chi connectivity index (χ4v) is 3.06. The van der Waals surface area contributed by atoms with Gasteiger partial charge in [0.05, 0.1) is 11.6 Å². The molecule has 0 radical (unpaired) electrons. The van der Waals surface area contributed by atoms with Crippen molar-refractivity contribution in [3.8, 4) is 11.8 Å². The molecule has 23 heavy (non-hydrogen) atoms. The summed E-state index contributed by atoms with van der Waals surface area (Å²) in [6, 6.07) is 13.4. The number of anilines is 1. The highest BCUT2D eigenvalue weighted by Crippen LogP contribution is 2.34. The Labute approximate surface area is 137 Å². The van der Waals surface area contributed by atoms with Crippen molar-refractivity contribution in [1.82, 2.24) is 0 Å². The molecule has 118 valence electrons. The zero-order valence-corrected chi connectivity index (χ0v) is 13.1. The number of aryl methyl sites for hydroxylation is 1. The molecule has 1 aliphatic rings. The molecule has 4 nitrogen and oxygen atoms in total. The van der Waals surface area contributed by atoms with Crippen LogP contribution in [0.15, 0.2) is 36.4 Å². The van der Waals surface area contributed by atoms with Crippen molar-refractivity contribution < 1.29 is 6.16 Å². The fraction of sp³-hybridized carbons (Fsp3) is 0.263. The molecule has 0 amide bonds. The Morgan fingerprint density at radius 2 is 2.17 bits per heavy atom. The van der Waals surface area contributed by atoms with Crippen molar-refractivity contribution in [3.05, 3.63) is 58.7 Å². The molecule has 0 unspecified atom stereocenters. The van der Waals surface area contributed by atoms with Gasteiger partial charge in [-0.3, -0.25) is 0 Å². The van der Waals surface area contributed by atoms with Crippen molar-refractivity contribution in [3.63, 3.8) is 0 Å². The zero-order chi connectivity index (χ0) is 16.4. The van der Waals surface area contributed by atoms with Crippen molar-refractivity contribution in [2.45, 2.75) is 32.3 Å². The second-order valence-electron chi connectivity index (χ2n) is 5.90. The van der Waals surface area contributed by atoms with Gasteiger partial charge in [-0.15, -0.1) is 0 Å². The van der Waals surface area contributed by atoms with Gasteiger partial charge in [-0.05, 0) is 67.6 Å². The van der Waals surface area contributed by atoms with Gasteiger partial charge < -0.3 is 15.9 Å². The van der Waals surface area contributed by atoms with E-state index in [1.807, 2.05) is 30.3 Å². The molecule has 1 aliphatic carbocycles. The normalized spacial score (nSPS) is 16.3. The van der Waals surface area contributed by atoms with Gasteiger partial charge >= 0.3 is 0 Å². The topological polar surface area (TPSA) is 82.9 Å². The molecular formula is C19H21N3O. The van der Waals surface area contributed by atoms with Crippen LogP contribution < -0.4 is 10.5 Å². The third-order valence-corrected chi connectivity index (χ3v) is 4.24. The standard InChI is InChI=1S/C19H19N3O.H2/c1-12(21)17-10-15(6-8-18(17)22)23-19-4-2-3-14-9-13(11-20)5-7-16(14)19;/h5-10,19,21H,2-4,22H2,1H3;1H/t19-;/m1./s1. The first kappa shape index (κ1) is 15.1. The largest absolute Gasteiger partial charge is 0.486 e. The molecule has 3 rings (SSSR count). The minimum atomic E-state index is -0.0194. The van der Waals surface area contributed by atoms with Crippen LogP contribution in [0.3, 0.4) is 0 Å². The molecule has 0 saturated carbocycles. The number of benzene rings is 2. The van der Waals surface area contributed by atoms with Gasteiger partial charge in [-0.1, -0.05) is 6.07 Å². The van der Waals surface area contributed by atoms with Gasteiger partial charge in [0.2, 0.25) is 0 Å². The van der Waals surface area contributed by atoms with E-state index in [1.54, 1.807) is 13.0 Å². The number of hydrogen-bond donors (Lipinski definition) is 2. The van der Waals surface area contributed by atoms with E-state index >= 15 is 0 Å². The molecule has 0 bridgehead atoms. The van der Waals surface area contributed by atoms with Crippen LogP contribution in [0.25, 0.3) is 0 Å². The first-order valence-corrected chi connectivity index (χ1v) is 7.73. The fourth-order valence-electron chi connectivity index (χ4n) is 3.06. The predicted molar refractivity (Wildman–Crippen MR) is 92.9 cm³/mol. The lowest BCUT2D eigenvalue weighted by Crippen LogP contribution is -2.15. The SMILES string of the molecule is CC(=N)c1cc(O[C@@H]2CCCc3cc(C#N)ccc32)ccc1N.[HH]. The number of nitrogens with one attached hydrogen (secondary N) is 1. The van der Waals surface area contributed by atoms with Crippen LogP contribution >= 0.6 is 0 Å². The summed E-state index contributed by atoms with van der Waals surface area (Å²) in [5.74, 6) is 0.725. The molecule has 2 aromatic carbocycles. The van der Waals surface area contributed by atoms with Crippen LogP contribution in [0.1, 0.15) is 49.5 Å². The van der Waals surface area contributed by atoms with Gasteiger partial charge in [-0.2, -0.15) is 5.26 Å². The van der Waals surface area contributed by atoms with Crippen molar-refractivity contribution in [1.29, 1.82) is 10.7 Å². The summed E-state index contributed by atoms with van der Waals surface area (Å²) in [5.41, 5.74) is 10.7. The molecule has 3 N–H and O–H groups in total. The minimum absolute atomic E-state index is 0. The number of nitrogens with zero attached hydrogens (tertiary/aromatic N) is 1. The highest BCUT2D eigenvalue weighted by Gasteiger charge is 2.22. The Balaban J connectivity index is 0.00000208. The Kier molecular flexibility index (Phi) is 4.03. The smallest absolute Gasteiger partial charge is 0.124 e. The summed E-state index contributed by atoms with van der Waals surface area (Å²) >= 11 is 0. The van der Waals surface area contributed by atoms with E-state index in [1.165, 1.54) is 5.56 Å². The van der Waals surface area contributed by atoms with Crippen LogP contribution in [0.5, 0.6) is 5.75 Å². The quantitative estimate of drug-likeness (QED) is 0.657. The Morgan fingerprint density at radius 1 is 1.35 bits per heavy atom. The number of nitriles is 1. The van der Waals surface area contributed by atoms with E-state index in [0.717, 1.165) is 30.6 Å². The molecule has 0 fully saturated rings. The first-order valence-electron chi connectivity index (χ1n) is 7.73. The molecular weight excluding hydrogens is 286 g/mol. The zero-order valence-electron chi connectivity index (χ0n) is 13.1. The van der Waals surface area contributed by atoms with Gasteiger partial charge in [0.1, 0.15) is 11.9 Å². The Bertz CT molecular complexity index is 811. The summed E-state index contributed by atoms with van der Waals surface area (Å²) in [5, 5.41) is 16.8. The van der Waals surface area contributed by atoms with E-state index in [4.69, 9.17) is 21.1 Å². The highest BCUT2D eigenvalue weighted by molar-refractivity contribution is 6.01. The van der Waals surface area contributed by atoms with Gasteiger partial charge in [0.25, 0.3) is 0 Å². The van der Waals surface area contributed by atoms with Crippen LogP contribution in [0.2, 0.25) is 0 Å². The summed E-state index contributed by atoms with van der Waals surface area (Å²) in [4.78, 5) is 0. The lowest BCUT2D eigenvalue weighted by atomic mass is 9.88. The van der Waals surface area contributed by atoms with E-state index in [9.17, 15) is 0 Å². The van der Waals surface area contributed by atoms with E-state index < -0.39 is 0 Å². The number of rotatable bonds is 3. The summed E-state index contributed by atoms with van der Waals surface area (Å²) in [6.45, 7) is 1.72. The maximum atomic E-state index is 9.04. The molecule has 0 saturated heterocycles. The number of nitrogens with two attached hydrogens (primary N) is 1. The third kappa shape index (κ3) is 3.04. The van der Waals surface area contributed by atoms with Crippen LogP contribution in [-0.4, -0.2) is 5.71 Å². The summed E-state index contributed by atoms with van der Waals surface area (Å²) < 4.78 is 6.17. The molecule has 4 heteroatoms. The molecule has 2 aromatic rings. The highest BCUT2D eigenvalue weighted by atomic mass is 16.5. The van der Waals surface area contributed by atoms with Gasteiger partial charge in [-0.25, -0.2) is 0 Å². The van der Waals surface area contributed by atoms with Crippen LogP contribution in [-0.2, 0) is 6.42 Å². The lowest BCUT2D eigenvalue weighted by Gasteiger charge is -2.26. The molecule has 0 spiro atoms. The number of hydrogen-bond acceptors (Lipinski definition) is 4. The van der Waals surface area contributed by atoms with E-state index in [0.29, 0.717) is 22.5 Å². The maximum Gasteiger partial charge on any atom is 0.124 e. The van der Waals surface area contributed by atoms with Crippen LogP contribution in [0, 0.1) is 16.7 Å². The molecule has 1 atom stereocenters. The van der Waals surface area contributed by atoms with Crippen molar-refractivity contribution in [2.24, 2.45) is 0 Å². The van der Waals surface area contributed by atoms with Crippen molar-refractivity contribution >= 4 is 11.4 Å². The minimum Gasteiger partial charge on any atom is -0.486 e. The monoisotopic (exact) mass is 307 g/mol. The molecule has 0 aromatic heterocycles. The average molecular weight is 307 g/mol. The predicted octanol–water partition coefficient (Wildman–Crippen LogP) is 4.23. The van der Waals surface area contributed by atoms with Gasteiger partial charge in [0.15, 0.2) is 0 Å². The molecule has 0 aliphatic heterocycles. The van der Waals surface area contributed by atoms with Gasteiger partial charge in [0, 0.05) is 18.4 Å². The molecule has 0 heterocycles. The Hall–Kier alpha value is -2.80. The average Bonchev–Trinajstić information content (AvgIpc) is 2.56. The Morgan fingerprint density at radius 3 is 2.91 bits per heavy atom. The lowest BCUT2D eigenvalue weighted by molar-refractivity contribution is 0.183. The third-order valence-electron chi connectivity index (χ3n) is 4.24. The second kappa shape index (κ2) is 6.13. The van der Waals surface area contributed by atoms with Crippen molar-refractivity contribution in [2.75, 3.05) is 5.73 Å².